The van der Waals surface area contributed by atoms with E-state index in [2.05, 4.69) is 56.2 Å². The smallest absolute Gasteiger partial charge is 0.220 e. The molecule has 0 spiro atoms. The molecule has 1 amide bonds. The van der Waals surface area contributed by atoms with Crippen LogP contribution in [0.5, 0.6) is 0 Å². The SMILES string of the molecule is CN=C(NCCNC(=O)CC1CCCC1)NC1CCN(Cc2ccccc2)CC1.I. The standard InChI is InChI=1S/C23H37N5O.HI/c1-24-23(26-14-13-25-22(29)17-19-7-5-6-8-19)27-21-11-15-28(16-12-21)18-20-9-3-2-4-10-20;/h2-4,9-10,19,21H,5-8,11-18H2,1H3,(H,25,29)(H2,24,26,27);1H. The number of hydrogen-bond donors (Lipinski definition) is 3. The second-order valence-electron chi connectivity index (χ2n) is 8.38. The van der Waals surface area contributed by atoms with Crippen LogP contribution in [-0.4, -0.2) is 56.0 Å². The minimum Gasteiger partial charge on any atom is -0.355 e. The fraction of sp³-hybridized carbons (Fsp3) is 0.652. The van der Waals surface area contributed by atoms with Gasteiger partial charge in [-0.2, -0.15) is 0 Å². The maximum atomic E-state index is 12.0. The molecule has 1 aromatic carbocycles. The van der Waals surface area contributed by atoms with Gasteiger partial charge in [-0.25, -0.2) is 0 Å². The Morgan fingerprint density at radius 1 is 1.03 bits per heavy atom. The van der Waals surface area contributed by atoms with Gasteiger partial charge in [-0.05, 0) is 37.2 Å². The van der Waals surface area contributed by atoms with Gasteiger partial charge in [0.2, 0.25) is 5.91 Å². The second kappa shape index (κ2) is 13.9. The Labute approximate surface area is 198 Å². The molecule has 2 aliphatic rings. The zero-order valence-electron chi connectivity index (χ0n) is 18.2. The maximum absolute atomic E-state index is 12.0. The molecule has 3 rings (SSSR count). The number of piperidine rings is 1. The lowest BCUT2D eigenvalue weighted by molar-refractivity contribution is -0.121. The van der Waals surface area contributed by atoms with E-state index in [0.29, 0.717) is 31.5 Å². The van der Waals surface area contributed by atoms with E-state index >= 15 is 0 Å². The quantitative estimate of drug-likeness (QED) is 0.210. The number of carbonyl (C=O) groups excluding carboxylic acids is 1. The van der Waals surface area contributed by atoms with Gasteiger partial charge in [0, 0.05) is 52.2 Å². The summed E-state index contributed by atoms with van der Waals surface area (Å²) in [6.45, 7) is 4.56. The zero-order chi connectivity index (χ0) is 20.3. The highest BCUT2D eigenvalue weighted by Gasteiger charge is 2.20. The minimum absolute atomic E-state index is 0. The number of amides is 1. The van der Waals surface area contributed by atoms with Crippen molar-refractivity contribution < 1.29 is 4.79 Å². The molecule has 0 radical (unpaired) electrons. The molecule has 1 heterocycles. The highest BCUT2D eigenvalue weighted by molar-refractivity contribution is 14.0. The van der Waals surface area contributed by atoms with E-state index in [-0.39, 0.29) is 29.9 Å². The Hall–Kier alpha value is -1.35. The Bertz CT molecular complexity index is 640. The predicted molar refractivity (Wildman–Crippen MR) is 134 cm³/mol. The molecule has 30 heavy (non-hydrogen) atoms. The Morgan fingerprint density at radius 2 is 1.70 bits per heavy atom. The summed E-state index contributed by atoms with van der Waals surface area (Å²) in [5, 5.41) is 9.89. The molecule has 7 heteroatoms. The van der Waals surface area contributed by atoms with E-state index in [1.54, 1.807) is 7.05 Å². The molecular formula is C23H38IN5O. The van der Waals surface area contributed by atoms with Crippen LogP contribution in [0.25, 0.3) is 0 Å². The molecule has 168 valence electrons. The van der Waals surface area contributed by atoms with Gasteiger partial charge < -0.3 is 16.0 Å². The van der Waals surface area contributed by atoms with Crippen LogP contribution < -0.4 is 16.0 Å². The topological polar surface area (TPSA) is 68.8 Å². The minimum atomic E-state index is 0. The zero-order valence-corrected chi connectivity index (χ0v) is 20.6. The molecule has 3 N–H and O–H groups in total. The molecule has 6 nitrogen and oxygen atoms in total. The lowest BCUT2D eigenvalue weighted by atomic mass is 10.0. The first-order valence-corrected chi connectivity index (χ1v) is 11.2. The van der Waals surface area contributed by atoms with Crippen molar-refractivity contribution in [3.05, 3.63) is 35.9 Å². The molecule has 1 saturated heterocycles. The van der Waals surface area contributed by atoms with Gasteiger partial charge in [0.15, 0.2) is 5.96 Å². The van der Waals surface area contributed by atoms with E-state index in [1.165, 1.54) is 31.2 Å². The first-order valence-electron chi connectivity index (χ1n) is 11.2. The van der Waals surface area contributed by atoms with Gasteiger partial charge in [-0.3, -0.25) is 14.7 Å². The fourth-order valence-electron chi connectivity index (χ4n) is 4.40. The van der Waals surface area contributed by atoms with E-state index in [9.17, 15) is 4.79 Å². The number of nitrogens with zero attached hydrogens (tertiary/aromatic N) is 2. The van der Waals surface area contributed by atoms with Crippen LogP contribution in [0.1, 0.15) is 50.5 Å². The maximum Gasteiger partial charge on any atom is 0.220 e. The van der Waals surface area contributed by atoms with Crippen LogP contribution in [-0.2, 0) is 11.3 Å². The molecule has 1 aromatic rings. The monoisotopic (exact) mass is 527 g/mol. The van der Waals surface area contributed by atoms with Crippen molar-refractivity contribution in [2.24, 2.45) is 10.9 Å². The molecule has 0 bridgehead atoms. The van der Waals surface area contributed by atoms with E-state index in [4.69, 9.17) is 0 Å². The van der Waals surface area contributed by atoms with Crippen molar-refractivity contribution in [2.45, 2.75) is 57.5 Å². The number of halogens is 1. The van der Waals surface area contributed by atoms with Crippen LogP contribution in [0.2, 0.25) is 0 Å². The normalized spacial score (nSPS) is 18.6. The number of carbonyl (C=O) groups is 1. The first-order chi connectivity index (χ1) is 14.2. The van der Waals surface area contributed by atoms with Crippen molar-refractivity contribution >= 4 is 35.8 Å². The second-order valence-corrected chi connectivity index (χ2v) is 8.38. The fourth-order valence-corrected chi connectivity index (χ4v) is 4.40. The van der Waals surface area contributed by atoms with E-state index in [0.717, 1.165) is 38.4 Å². The molecular weight excluding hydrogens is 489 g/mol. The number of rotatable bonds is 8. The average molecular weight is 527 g/mol. The van der Waals surface area contributed by atoms with Crippen LogP contribution in [0, 0.1) is 5.92 Å². The molecule has 0 atom stereocenters. The van der Waals surface area contributed by atoms with Gasteiger partial charge in [-0.1, -0.05) is 43.2 Å². The number of benzene rings is 1. The van der Waals surface area contributed by atoms with Crippen molar-refractivity contribution in [3.8, 4) is 0 Å². The number of likely N-dealkylation sites (tertiary alicyclic amines) is 1. The third kappa shape index (κ3) is 8.79. The molecule has 1 saturated carbocycles. The van der Waals surface area contributed by atoms with Crippen LogP contribution >= 0.6 is 24.0 Å². The third-order valence-corrected chi connectivity index (χ3v) is 6.09. The van der Waals surface area contributed by atoms with Gasteiger partial charge in [0.25, 0.3) is 0 Å². The summed E-state index contributed by atoms with van der Waals surface area (Å²) < 4.78 is 0. The van der Waals surface area contributed by atoms with Crippen molar-refractivity contribution in [3.63, 3.8) is 0 Å². The highest BCUT2D eigenvalue weighted by Crippen LogP contribution is 2.27. The number of nitrogens with one attached hydrogen (secondary N) is 3. The van der Waals surface area contributed by atoms with Gasteiger partial charge >= 0.3 is 0 Å². The summed E-state index contributed by atoms with van der Waals surface area (Å²) in [5.74, 6) is 1.62. The Morgan fingerprint density at radius 3 is 2.37 bits per heavy atom. The van der Waals surface area contributed by atoms with Crippen LogP contribution in [0.4, 0.5) is 0 Å². The summed E-state index contributed by atoms with van der Waals surface area (Å²) in [5.41, 5.74) is 1.38. The lowest BCUT2D eigenvalue weighted by Gasteiger charge is -2.33. The van der Waals surface area contributed by atoms with E-state index in [1.807, 2.05) is 0 Å². The Balaban J connectivity index is 0.00000320. The summed E-state index contributed by atoms with van der Waals surface area (Å²) in [6, 6.07) is 11.1. The van der Waals surface area contributed by atoms with Crippen molar-refractivity contribution in [2.75, 3.05) is 33.2 Å². The first kappa shape index (κ1) is 24.9. The largest absolute Gasteiger partial charge is 0.355 e. The van der Waals surface area contributed by atoms with Crippen molar-refractivity contribution in [1.29, 1.82) is 0 Å². The molecule has 1 aliphatic carbocycles. The predicted octanol–water partition coefficient (Wildman–Crippen LogP) is 3.13. The van der Waals surface area contributed by atoms with Gasteiger partial charge in [0.1, 0.15) is 0 Å². The summed E-state index contributed by atoms with van der Waals surface area (Å²) in [4.78, 5) is 18.9. The number of aliphatic imine (C=N–C) groups is 1. The number of guanidine groups is 1. The summed E-state index contributed by atoms with van der Waals surface area (Å²) in [6.07, 6.45) is 7.92. The summed E-state index contributed by atoms with van der Waals surface area (Å²) in [7, 11) is 1.80. The molecule has 1 aliphatic heterocycles. The van der Waals surface area contributed by atoms with Gasteiger partial charge in [-0.15, -0.1) is 24.0 Å². The lowest BCUT2D eigenvalue weighted by Crippen LogP contribution is -2.49. The Kier molecular flexibility index (Phi) is 11.5. The van der Waals surface area contributed by atoms with Crippen molar-refractivity contribution in [1.82, 2.24) is 20.9 Å². The molecule has 0 aromatic heterocycles. The van der Waals surface area contributed by atoms with Crippen LogP contribution in [0.3, 0.4) is 0 Å². The third-order valence-electron chi connectivity index (χ3n) is 6.09. The number of hydrogen-bond acceptors (Lipinski definition) is 3. The van der Waals surface area contributed by atoms with Crippen LogP contribution in [0.15, 0.2) is 35.3 Å². The van der Waals surface area contributed by atoms with Gasteiger partial charge in [0.05, 0.1) is 0 Å². The molecule has 0 unspecified atom stereocenters. The summed E-state index contributed by atoms with van der Waals surface area (Å²) >= 11 is 0. The molecule has 2 fully saturated rings. The average Bonchev–Trinajstić information content (AvgIpc) is 3.25. The van der Waals surface area contributed by atoms with E-state index < -0.39 is 0 Å². The highest BCUT2D eigenvalue weighted by atomic mass is 127.